The first-order valence-electron chi connectivity index (χ1n) is 10.4. The lowest BCUT2D eigenvalue weighted by atomic mass is 10.1. The van der Waals surface area contributed by atoms with Crippen molar-refractivity contribution in [3.63, 3.8) is 0 Å². The van der Waals surface area contributed by atoms with Crippen LogP contribution >= 0.6 is 0 Å². The lowest BCUT2D eigenvalue weighted by molar-refractivity contribution is 0.588. The molecular weight excluding hydrogens is 404 g/mol. The average Bonchev–Trinajstić information content (AvgIpc) is 3.59. The fourth-order valence-corrected chi connectivity index (χ4v) is 4.21. The van der Waals surface area contributed by atoms with Gasteiger partial charge >= 0.3 is 0 Å². The number of rotatable bonds is 4. The number of imidazole rings is 1. The zero-order valence-corrected chi connectivity index (χ0v) is 17.6. The highest BCUT2D eigenvalue weighted by atomic mass is 15.4. The smallest absolute Gasteiger partial charge is 0.237 e. The summed E-state index contributed by atoms with van der Waals surface area (Å²) in [5, 5.41) is 12.9. The number of aromatic nitrogens is 9. The molecule has 10 nitrogen and oxygen atoms in total. The minimum absolute atomic E-state index is 0.0340. The molecule has 32 heavy (non-hydrogen) atoms. The summed E-state index contributed by atoms with van der Waals surface area (Å²) in [6, 6.07) is 9.98. The molecule has 0 amide bonds. The molecular formula is C22H20N10. The Morgan fingerprint density at radius 2 is 1.91 bits per heavy atom. The molecule has 0 radical (unpaired) electrons. The highest BCUT2D eigenvalue weighted by molar-refractivity contribution is 5.71. The number of anilines is 2. The predicted molar refractivity (Wildman–Crippen MR) is 118 cm³/mol. The second-order valence-electron chi connectivity index (χ2n) is 7.59. The maximum absolute atomic E-state index is 5.01. The van der Waals surface area contributed by atoms with Crippen LogP contribution in [0.2, 0.25) is 0 Å². The molecule has 0 spiro atoms. The van der Waals surface area contributed by atoms with Gasteiger partial charge in [-0.25, -0.2) is 9.97 Å². The first kappa shape index (κ1) is 18.4. The van der Waals surface area contributed by atoms with Crippen LogP contribution < -0.4 is 4.90 Å². The molecule has 158 valence electrons. The molecule has 1 aromatic carbocycles. The van der Waals surface area contributed by atoms with Gasteiger partial charge in [0, 0.05) is 31.2 Å². The molecule has 0 aliphatic carbocycles. The maximum atomic E-state index is 5.01. The summed E-state index contributed by atoms with van der Waals surface area (Å²) in [6.45, 7) is 2.13. The van der Waals surface area contributed by atoms with Crippen LogP contribution in [0.1, 0.15) is 25.2 Å². The van der Waals surface area contributed by atoms with Crippen LogP contribution in [0.5, 0.6) is 0 Å². The molecule has 0 N–H and O–H groups in total. The van der Waals surface area contributed by atoms with E-state index in [0.717, 1.165) is 40.8 Å². The Bertz CT molecular complexity index is 1400. The van der Waals surface area contributed by atoms with E-state index in [1.807, 2.05) is 71.3 Å². The third-order valence-electron chi connectivity index (χ3n) is 5.65. The Labute approximate surface area is 183 Å². The number of benzene rings is 1. The van der Waals surface area contributed by atoms with Gasteiger partial charge in [0.05, 0.1) is 24.1 Å². The second-order valence-corrected chi connectivity index (χ2v) is 7.59. The molecule has 1 aliphatic heterocycles. The van der Waals surface area contributed by atoms with Gasteiger partial charge in [-0.2, -0.15) is 10.1 Å². The molecule has 0 bridgehead atoms. The SMILES string of the molecule is CC[C@H]1c2nncn2-c2cnc(-n3ccnc3-c3ccccc3)nc2N1c1cnn(C)c1. The Morgan fingerprint density at radius 3 is 2.69 bits per heavy atom. The molecule has 5 aromatic rings. The summed E-state index contributed by atoms with van der Waals surface area (Å²) < 4.78 is 5.65. The third-order valence-corrected chi connectivity index (χ3v) is 5.65. The van der Waals surface area contributed by atoms with E-state index < -0.39 is 0 Å². The summed E-state index contributed by atoms with van der Waals surface area (Å²) in [5.74, 6) is 2.95. The van der Waals surface area contributed by atoms with Crippen LogP contribution in [-0.2, 0) is 7.05 Å². The monoisotopic (exact) mass is 424 g/mol. The largest absolute Gasteiger partial charge is 0.311 e. The van der Waals surface area contributed by atoms with Crippen LogP contribution in [0.15, 0.2) is 67.6 Å². The van der Waals surface area contributed by atoms with Gasteiger partial charge in [-0.1, -0.05) is 37.3 Å². The van der Waals surface area contributed by atoms with Gasteiger partial charge in [0.25, 0.3) is 0 Å². The second kappa shape index (κ2) is 7.12. The number of aryl methyl sites for hydroxylation is 1. The van der Waals surface area contributed by atoms with Gasteiger partial charge in [0.2, 0.25) is 5.95 Å². The van der Waals surface area contributed by atoms with Crippen molar-refractivity contribution in [2.24, 2.45) is 7.05 Å². The van der Waals surface area contributed by atoms with E-state index >= 15 is 0 Å². The van der Waals surface area contributed by atoms with E-state index in [-0.39, 0.29) is 6.04 Å². The highest BCUT2D eigenvalue weighted by Crippen LogP contribution is 2.42. The van der Waals surface area contributed by atoms with Gasteiger partial charge in [-0.15, -0.1) is 10.2 Å². The average molecular weight is 424 g/mol. The minimum atomic E-state index is -0.0340. The number of fused-ring (bicyclic) bond motifs is 3. The molecule has 6 rings (SSSR count). The topological polar surface area (TPSA) is 95.4 Å². The van der Waals surface area contributed by atoms with E-state index in [9.17, 15) is 0 Å². The quantitative estimate of drug-likeness (QED) is 0.437. The first-order valence-corrected chi connectivity index (χ1v) is 10.4. The number of hydrogen-bond acceptors (Lipinski definition) is 7. The normalized spacial score (nSPS) is 14.9. The van der Waals surface area contributed by atoms with Gasteiger partial charge in [-0.3, -0.25) is 13.8 Å². The summed E-state index contributed by atoms with van der Waals surface area (Å²) in [5.41, 5.74) is 2.76. The van der Waals surface area contributed by atoms with Crippen molar-refractivity contribution in [3.8, 4) is 23.0 Å². The fourth-order valence-electron chi connectivity index (χ4n) is 4.21. The van der Waals surface area contributed by atoms with E-state index in [0.29, 0.717) is 5.95 Å². The van der Waals surface area contributed by atoms with E-state index in [1.165, 1.54) is 0 Å². The number of nitrogens with zero attached hydrogens (tertiary/aromatic N) is 10. The van der Waals surface area contributed by atoms with Crippen LogP contribution in [0.25, 0.3) is 23.0 Å². The van der Waals surface area contributed by atoms with Crippen LogP contribution in [0, 0.1) is 0 Å². The van der Waals surface area contributed by atoms with Crippen molar-refractivity contribution in [3.05, 3.63) is 73.5 Å². The molecule has 0 unspecified atom stereocenters. The lowest BCUT2D eigenvalue weighted by Crippen LogP contribution is -2.32. The predicted octanol–water partition coefficient (Wildman–Crippen LogP) is 3.25. The van der Waals surface area contributed by atoms with Gasteiger partial charge in [-0.05, 0) is 6.42 Å². The molecule has 0 fully saturated rings. The molecule has 4 aromatic heterocycles. The third kappa shape index (κ3) is 2.73. The van der Waals surface area contributed by atoms with Gasteiger partial charge < -0.3 is 4.90 Å². The Kier molecular flexibility index (Phi) is 4.10. The van der Waals surface area contributed by atoms with E-state index in [2.05, 4.69) is 37.1 Å². The first-order chi connectivity index (χ1) is 15.7. The van der Waals surface area contributed by atoms with Gasteiger partial charge in [0.1, 0.15) is 17.8 Å². The minimum Gasteiger partial charge on any atom is -0.311 e. The molecule has 1 aliphatic rings. The van der Waals surface area contributed by atoms with Gasteiger partial charge in [0.15, 0.2) is 11.6 Å². The van der Waals surface area contributed by atoms with Crippen molar-refractivity contribution in [1.82, 2.24) is 44.1 Å². The van der Waals surface area contributed by atoms with E-state index in [4.69, 9.17) is 4.98 Å². The summed E-state index contributed by atoms with van der Waals surface area (Å²) in [7, 11) is 1.90. The van der Waals surface area contributed by atoms with Crippen LogP contribution in [0.3, 0.4) is 0 Å². The molecule has 5 heterocycles. The van der Waals surface area contributed by atoms with Crippen molar-refractivity contribution in [2.45, 2.75) is 19.4 Å². The zero-order valence-electron chi connectivity index (χ0n) is 17.6. The molecule has 10 heteroatoms. The Balaban J connectivity index is 1.55. The number of hydrogen-bond donors (Lipinski definition) is 0. The highest BCUT2D eigenvalue weighted by Gasteiger charge is 2.35. The van der Waals surface area contributed by atoms with Crippen LogP contribution in [-0.4, -0.2) is 44.1 Å². The van der Waals surface area contributed by atoms with Crippen LogP contribution in [0.4, 0.5) is 11.5 Å². The maximum Gasteiger partial charge on any atom is 0.237 e. The standard InChI is InChI=1S/C22H20N10/c1-3-17-21-28-25-14-31(21)18-12-24-22(27-20(18)32(17)16-11-26-29(2)13-16)30-10-9-23-19(30)15-7-5-4-6-8-15/h4-14,17H,3H2,1-2H3/t17-/m0/s1. The molecule has 1 atom stereocenters. The van der Waals surface area contributed by atoms with Crippen molar-refractivity contribution >= 4 is 11.5 Å². The van der Waals surface area contributed by atoms with Crippen molar-refractivity contribution in [2.75, 3.05) is 4.90 Å². The van der Waals surface area contributed by atoms with Crippen molar-refractivity contribution < 1.29 is 0 Å². The zero-order chi connectivity index (χ0) is 21.7. The molecule has 0 saturated carbocycles. The van der Waals surface area contributed by atoms with E-state index in [1.54, 1.807) is 17.2 Å². The van der Waals surface area contributed by atoms with Crippen molar-refractivity contribution in [1.29, 1.82) is 0 Å². The summed E-state index contributed by atoms with van der Waals surface area (Å²) >= 11 is 0. The summed E-state index contributed by atoms with van der Waals surface area (Å²) in [6.07, 6.45) is 11.8. The Hall–Kier alpha value is -4.34. The Morgan fingerprint density at radius 1 is 1.03 bits per heavy atom. The fraction of sp³-hybridized carbons (Fsp3) is 0.182. The summed E-state index contributed by atoms with van der Waals surface area (Å²) in [4.78, 5) is 16.4. The lowest BCUT2D eigenvalue weighted by Gasteiger charge is -2.35. The molecule has 0 saturated heterocycles.